The first-order valence-corrected chi connectivity index (χ1v) is 8.02. The van der Waals surface area contributed by atoms with Crippen molar-refractivity contribution in [2.75, 3.05) is 0 Å². The molecule has 2 aromatic carbocycles. The molecular formula is C16H16Br2FN. The van der Waals surface area contributed by atoms with Crippen molar-refractivity contribution in [1.82, 2.24) is 5.32 Å². The number of hydrogen-bond donors (Lipinski definition) is 1. The molecule has 0 aliphatic heterocycles. The quantitative estimate of drug-likeness (QED) is 0.687. The van der Waals surface area contributed by atoms with Crippen LogP contribution in [0.1, 0.15) is 37.1 Å². The van der Waals surface area contributed by atoms with E-state index < -0.39 is 0 Å². The second-order valence-electron chi connectivity index (χ2n) is 4.83. The van der Waals surface area contributed by atoms with Crippen LogP contribution in [-0.2, 0) is 0 Å². The van der Waals surface area contributed by atoms with E-state index in [9.17, 15) is 4.39 Å². The number of benzene rings is 2. The van der Waals surface area contributed by atoms with Crippen LogP contribution in [0.25, 0.3) is 0 Å². The summed E-state index contributed by atoms with van der Waals surface area (Å²) in [6, 6.07) is 13.4. The van der Waals surface area contributed by atoms with Crippen molar-refractivity contribution in [1.29, 1.82) is 0 Å². The van der Waals surface area contributed by atoms with Crippen LogP contribution in [-0.4, -0.2) is 0 Å². The Hall–Kier alpha value is -0.710. The highest BCUT2D eigenvalue weighted by atomic mass is 79.9. The third-order valence-electron chi connectivity index (χ3n) is 3.28. The van der Waals surface area contributed by atoms with Gasteiger partial charge in [-0.15, -0.1) is 0 Å². The third-order valence-corrected chi connectivity index (χ3v) is 4.46. The molecule has 0 radical (unpaired) electrons. The van der Waals surface area contributed by atoms with E-state index >= 15 is 0 Å². The van der Waals surface area contributed by atoms with Gasteiger partial charge < -0.3 is 5.32 Å². The van der Waals surface area contributed by atoms with Crippen LogP contribution in [0.2, 0.25) is 0 Å². The van der Waals surface area contributed by atoms with E-state index in [0.29, 0.717) is 0 Å². The lowest BCUT2D eigenvalue weighted by atomic mass is 10.0. The normalized spacial score (nSPS) is 14.1. The van der Waals surface area contributed by atoms with E-state index in [2.05, 4.69) is 63.2 Å². The second kappa shape index (κ2) is 6.83. The highest BCUT2D eigenvalue weighted by Crippen LogP contribution is 2.27. The summed E-state index contributed by atoms with van der Waals surface area (Å²) >= 11 is 6.90. The molecule has 0 heterocycles. The minimum absolute atomic E-state index is 0.124. The van der Waals surface area contributed by atoms with Gasteiger partial charge in [-0.3, -0.25) is 0 Å². The second-order valence-corrected chi connectivity index (χ2v) is 6.60. The summed E-state index contributed by atoms with van der Waals surface area (Å²) in [7, 11) is 0. The number of halogens is 3. The Bertz CT molecular complexity index is 601. The molecule has 0 bridgehead atoms. The molecule has 0 saturated heterocycles. The van der Waals surface area contributed by atoms with Gasteiger partial charge >= 0.3 is 0 Å². The van der Waals surface area contributed by atoms with Crippen molar-refractivity contribution in [2.24, 2.45) is 0 Å². The summed E-state index contributed by atoms with van der Waals surface area (Å²) in [5.41, 5.74) is 2.26. The monoisotopic (exact) mass is 399 g/mol. The van der Waals surface area contributed by atoms with Crippen molar-refractivity contribution in [3.8, 4) is 0 Å². The maximum absolute atomic E-state index is 13.1. The molecule has 0 aliphatic carbocycles. The molecule has 1 unspecified atom stereocenters. The average molecular weight is 401 g/mol. The van der Waals surface area contributed by atoms with Gasteiger partial charge in [0.2, 0.25) is 0 Å². The Morgan fingerprint density at radius 2 is 1.75 bits per heavy atom. The van der Waals surface area contributed by atoms with Gasteiger partial charge in [0.05, 0.1) is 0 Å². The highest BCUT2D eigenvalue weighted by Gasteiger charge is 2.14. The molecule has 2 atom stereocenters. The molecule has 0 aromatic heterocycles. The zero-order valence-electron chi connectivity index (χ0n) is 11.3. The first-order chi connectivity index (χ1) is 9.47. The van der Waals surface area contributed by atoms with Crippen LogP contribution in [0.3, 0.4) is 0 Å². The van der Waals surface area contributed by atoms with Crippen LogP contribution in [0, 0.1) is 5.82 Å². The summed E-state index contributed by atoms with van der Waals surface area (Å²) in [5, 5.41) is 3.53. The van der Waals surface area contributed by atoms with E-state index in [1.807, 2.05) is 18.2 Å². The van der Waals surface area contributed by atoms with E-state index in [1.54, 1.807) is 0 Å². The maximum atomic E-state index is 13.1. The van der Waals surface area contributed by atoms with Gasteiger partial charge in [0, 0.05) is 21.0 Å². The summed E-state index contributed by atoms with van der Waals surface area (Å²) in [4.78, 5) is 0. The molecule has 2 rings (SSSR count). The molecule has 1 nitrogen and oxygen atoms in total. The van der Waals surface area contributed by atoms with Crippen molar-refractivity contribution < 1.29 is 4.39 Å². The number of hydrogen-bond acceptors (Lipinski definition) is 1. The lowest BCUT2D eigenvalue weighted by molar-refractivity contribution is 0.492. The van der Waals surface area contributed by atoms with Crippen molar-refractivity contribution >= 4 is 31.9 Å². The Labute approximate surface area is 135 Å². The third kappa shape index (κ3) is 3.90. The average Bonchev–Trinajstić information content (AvgIpc) is 2.38. The summed E-state index contributed by atoms with van der Waals surface area (Å²) in [6.45, 7) is 4.20. The standard InChI is InChI=1S/C16H16Br2FN/c1-10(12-4-3-5-13(17)8-12)20-11(2)15-7-6-14(19)9-16(15)18/h3-11,20H,1-2H3/t10-,11?/m0/s1. The van der Waals surface area contributed by atoms with E-state index in [-0.39, 0.29) is 17.9 Å². The molecule has 4 heteroatoms. The predicted molar refractivity (Wildman–Crippen MR) is 88.2 cm³/mol. The Morgan fingerprint density at radius 1 is 1.00 bits per heavy atom. The molecule has 20 heavy (non-hydrogen) atoms. The lowest BCUT2D eigenvalue weighted by Crippen LogP contribution is -2.22. The van der Waals surface area contributed by atoms with Crippen molar-refractivity contribution in [3.05, 3.63) is 68.4 Å². The molecule has 1 N–H and O–H groups in total. The van der Waals surface area contributed by atoms with Crippen molar-refractivity contribution in [2.45, 2.75) is 25.9 Å². The van der Waals surface area contributed by atoms with E-state index in [4.69, 9.17) is 0 Å². The highest BCUT2D eigenvalue weighted by molar-refractivity contribution is 9.10. The van der Waals surface area contributed by atoms with Crippen LogP contribution < -0.4 is 5.32 Å². The molecule has 0 fully saturated rings. The molecule has 0 amide bonds. The Morgan fingerprint density at radius 3 is 2.40 bits per heavy atom. The molecule has 2 aromatic rings. The van der Waals surface area contributed by atoms with E-state index in [0.717, 1.165) is 14.5 Å². The van der Waals surface area contributed by atoms with Gasteiger partial charge in [0.15, 0.2) is 0 Å². The largest absolute Gasteiger partial charge is 0.304 e. The van der Waals surface area contributed by atoms with Gasteiger partial charge in [0.25, 0.3) is 0 Å². The van der Waals surface area contributed by atoms with Crippen LogP contribution in [0.5, 0.6) is 0 Å². The summed E-state index contributed by atoms with van der Waals surface area (Å²) < 4.78 is 15.0. The van der Waals surface area contributed by atoms with Gasteiger partial charge in [-0.1, -0.05) is 50.1 Å². The van der Waals surface area contributed by atoms with Crippen LogP contribution in [0.4, 0.5) is 4.39 Å². The minimum Gasteiger partial charge on any atom is -0.304 e. The molecule has 106 valence electrons. The maximum Gasteiger partial charge on any atom is 0.124 e. The smallest absolute Gasteiger partial charge is 0.124 e. The zero-order chi connectivity index (χ0) is 14.7. The fourth-order valence-electron chi connectivity index (χ4n) is 2.19. The molecule has 0 saturated carbocycles. The lowest BCUT2D eigenvalue weighted by Gasteiger charge is -2.22. The van der Waals surface area contributed by atoms with Crippen LogP contribution in [0.15, 0.2) is 51.4 Å². The Kier molecular flexibility index (Phi) is 5.35. The summed E-state index contributed by atoms with van der Waals surface area (Å²) in [6.07, 6.45) is 0. The first kappa shape index (κ1) is 15.7. The van der Waals surface area contributed by atoms with E-state index in [1.165, 1.54) is 17.7 Å². The first-order valence-electron chi connectivity index (χ1n) is 6.44. The molecule has 0 spiro atoms. The number of rotatable bonds is 4. The predicted octanol–water partition coefficient (Wildman–Crippen LogP) is 5.76. The minimum atomic E-state index is -0.229. The SMILES string of the molecule is CC(N[C@@H](C)c1cccc(Br)c1)c1ccc(F)cc1Br. The Balaban J connectivity index is 2.12. The number of nitrogens with one attached hydrogen (secondary N) is 1. The van der Waals surface area contributed by atoms with Gasteiger partial charge in [-0.25, -0.2) is 4.39 Å². The summed E-state index contributed by atoms with van der Waals surface area (Å²) in [5.74, 6) is -0.229. The molecule has 0 aliphatic rings. The molecular weight excluding hydrogens is 385 g/mol. The zero-order valence-corrected chi connectivity index (χ0v) is 14.5. The fraction of sp³-hybridized carbons (Fsp3) is 0.250. The topological polar surface area (TPSA) is 12.0 Å². The van der Waals surface area contributed by atoms with Gasteiger partial charge in [0.1, 0.15) is 5.82 Å². The van der Waals surface area contributed by atoms with Crippen LogP contribution >= 0.6 is 31.9 Å². The van der Waals surface area contributed by atoms with Gasteiger partial charge in [-0.05, 0) is 49.2 Å². The van der Waals surface area contributed by atoms with Gasteiger partial charge in [-0.2, -0.15) is 0 Å². The van der Waals surface area contributed by atoms with Crippen molar-refractivity contribution in [3.63, 3.8) is 0 Å². The fourth-order valence-corrected chi connectivity index (χ4v) is 3.30.